The van der Waals surface area contributed by atoms with Crippen LogP contribution in [0.4, 0.5) is 11.4 Å². The fraction of sp³-hybridized carbons (Fsp3) is 0.706. The summed E-state index contributed by atoms with van der Waals surface area (Å²) in [7, 11) is 6.42. The molecule has 42 heavy (non-hydrogen) atoms. The third-order valence-corrected chi connectivity index (χ3v) is 9.26. The van der Waals surface area contributed by atoms with Gasteiger partial charge in [-0.2, -0.15) is 0 Å². The van der Waals surface area contributed by atoms with Gasteiger partial charge < -0.3 is 29.1 Å². The van der Waals surface area contributed by atoms with Gasteiger partial charge in [0, 0.05) is 50.7 Å². The molecule has 3 aliphatic heterocycles. The topological polar surface area (TPSA) is 57.2 Å². The second-order valence-corrected chi connectivity index (χ2v) is 13.9. The monoisotopic (exact) mass is 578 g/mol. The Kier molecular flexibility index (Phi) is 9.77. The fourth-order valence-electron chi connectivity index (χ4n) is 6.69. The molecule has 8 heteroatoms. The molecular formula is C34H54N6O2. The molecule has 0 bridgehead atoms. The molecule has 5 heterocycles. The van der Waals surface area contributed by atoms with Crippen LogP contribution in [0, 0.1) is 0 Å². The first-order chi connectivity index (χ1) is 20.1. The fourth-order valence-corrected chi connectivity index (χ4v) is 6.69. The zero-order chi connectivity index (χ0) is 29.9. The molecule has 0 N–H and O–H groups in total. The van der Waals surface area contributed by atoms with Crippen molar-refractivity contribution in [2.75, 3.05) is 83.5 Å². The molecule has 4 fully saturated rings. The Balaban J connectivity index is 0.000000168. The van der Waals surface area contributed by atoms with Gasteiger partial charge in [0.15, 0.2) is 0 Å². The number of aromatic nitrogens is 2. The number of anilines is 2. The predicted molar refractivity (Wildman–Crippen MR) is 172 cm³/mol. The molecule has 0 amide bonds. The molecule has 1 atom stereocenters. The van der Waals surface area contributed by atoms with E-state index in [1.165, 1.54) is 54.1 Å². The summed E-state index contributed by atoms with van der Waals surface area (Å²) in [6.07, 6.45) is 6.90. The lowest BCUT2D eigenvalue weighted by atomic mass is 9.90. The van der Waals surface area contributed by atoms with Gasteiger partial charge in [-0.15, -0.1) is 0 Å². The SMILES string of the molecule is CC(C)c1ccc(N2CCCC3(CN(C)CCO3)C2)cn1.CC(C)c1ccc(N2CCOCC23CC3)c(CN(C)C)n1. The van der Waals surface area contributed by atoms with Crippen LogP contribution in [0.1, 0.15) is 82.3 Å². The summed E-state index contributed by atoms with van der Waals surface area (Å²) >= 11 is 0. The Morgan fingerprint density at radius 3 is 2.31 bits per heavy atom. The standard InChI is InChI=1S/2C17H27N3O/c1-13(2)14-5-6-16(15(18-14)11-19(3)4)20-9-10-21-12-17(20)7-8-17;1-14(2)16-6-5-15(11-18-16)20-8-4-7-17(13-20)12-19(3)9-10-21-17/h5-6,13H,7-12H2,1-4H3;5-6,11,14H,4,7-10,12-13H2,1-3H3. The van der Waals surface area contributed by atoms with E-state index in [0.29, 0.717) is 11.8 Å². The van der Waals surface area contributed by atoms with Crippen LogP contribution in [0.3, 0.4) is 0 Å². The van der Waals surface area contributed by atoms with Gasteiger partial charge in [-0.25, -0.2) is 0 Å². The summed E-state index contributed by atoms with van der Waals surface area (Å²) in [5.74, 6) is 0.960. The van der Waals surface area contributed by atoms with Crippen molar-refractivity contribution in [3.05, 3.63) is 47.5 Å². The predicted octanol–water partition coefficient (Wildman–Crippen LogP) is 5.14. The maximum absolute atomic E-state index is 6.19. The average molecular weight is 579 g/mol. The van der Waals surface area contributed by atoms with Crippen LogP contribution < -0.4 is 9.80 Å². The maximum atomic E-state index is 6.19. The molecule has 3 saturated heterocycles. The van der Waals surface area contributed by atoms with Gasteiger partial charge in [0.05, 0.1) is 54.2 Å². The van der Waals surface area contributed by atoms with E-state index in [4.69, 9.17) is 14.5 Å². The van der Waals surface area contributed by atoms with Crippen molar-refractivity contribution < 1.29 is 9.47 Å². The molecule has 8 nitrogen and oxygen atoms in total. The first-order valence-electron chi connectivity index (χ1n) is 16.1. The minimum atomic E-state index is 0.0158. The molecule has 2 aromatic heterocycles. The second-order valence-electron chi connectivity index (χ2n) is 13.9. The summed E-state index contributed by atoms with van der Waals surface area (Å²) < 4.78 is 11.9. The summed E-state index contributed by atoms with van der Waals surface area (Å²) in [5, 5.41) is 0. The minimum Gasteiger partial charge on any atom is -0.377 e. The quantitative estimate of drug-likeness (QED) is 0.467. The van der Waals surface area contributed by atoms with Gasteiger partial charge in [0.1, 0.15) is 0 Å². The van der Waals surface area contributed by atoms with Gasteiger partial charge in [0.2, 0.25) is 0 Å². The second kappa shape index (κ2) is 13.2. The molecular weight excluding hydrogens is 524 g/mol. The Labute approximate surface area is 254 Å². The van der Waals surface area contributed by atoms with E-state index >= 15 is 0 Å². The smallest absolute Gasteiger partial charge is 0.0983 e. The summed E-state index contributed by atoms with van der Waals surface area (Å²) in [4.78, 5) is 19.2. The van der Waals surface area contributed by atoms with Gasteiger partial charge in [0.25, 0.3) is 0 Å². The highest BCUT2D eigenvalue weighted by atomic mass is 16.5. The number of rotatable bonds is 6. The summed E-state index contributed by atoms with van der Waals surface area (Å²) in [6, 6.07) is 8.86. The number of nitrogens with zero attached hydrogens (tertiary/aromatic N) is 6. The molecule has 6 rings (SSSR count). The van der Waals surface area contributed by atoms with Crippen LogP contribution in [-0.2, 0) is 16.0 Å². The normalized spacial score (nSPS) is 24.0. The molecule has 1 aliphatic carbocycles. The summed E-state index contributed by atoms with van der Waals surface area (Å²) in [5.41, 5.74) is 6.39. The highest BCUT2D eigenvalue weighted by Crippen LogP contribution is 2.46. The third-order valence-electron chi connectivity index (χ3n) is 9.26. The minimum absolute atomic E-state index is 0.0158. The first-order valence-corrected chi connectivity index (χ1v) is 16.1. The van der Waals surface area contributed by atoms with Crippen LogP contribution in [0.25, 0.3) is 0 Å². The van der Waals surface area contributed by atoms with Crippen molar-refractivity contribution in [3.63, 3.8) is 0 Å². The highest BCUT2D eigenvalue weighted by molar-refractivity contribution is 5.56. The van der Waals surface area contributed by atoms with Crippen molar-refractivity contribution in [3.8, 4) is 0 Å². The van der Waals surface area contributed by atoms with Crippen LogP contribution in [0.2, 0.25) is 0 Å². The number of piperidine rings is 1. The maximum Gasteiger partial charge on any atom is 0.0983 e. The van der Waals surface area contributed by atoms with Gasteiger partial charge in [-0.05, 0) is 82.9 Å². The Hall–Kier alpha value is -2.26. The van der Waals surface area contributed by atoms with Crippen LogP contribution in [0.15, 0.2) is 30.5 Å². The molecule has 1 unspecified atom stereocenters. The van der Waals surface area contributed by atoms with Gasteiger partial charge >= 0.3 is 0 Å². The van der Waals surface area contributed by atoms with Crippen LogP contribution in [-0.4, -0.2) is 105 Å². The Bertz CT molecular complexity index is 1160. The van der Waals surface area contributed by atoms with Crippen molar-refractivity contribution >= 4 is 11.4 Å². The number of likely N-dealkylation sites (N-methyl/N-ethyl adjacent to an activating group) is 1. The number of pyridine rings is 2. The van der Waals surface area contributed by atoms with E-state index in [-0.39, 0.29) is 11.1 Å². The number of hydrogen-bond donors (Lipinski definition) is 0. The molecule has 0 radical (unpaired) electrons. The van der Waals surface area contributed by atoms with Crippen LogP contribution in [0.5, 0.6) is 0 Å². The van der Waals surface area contributed by atoms with Crippen LogP contribution >= 0.6 is 0 Å². The summed E-state index contributed by atoms with van der Waals surface area (Å²) in [6.45, 7) is 17.4. The van der Waals surface area contributed by atoms with E-state index in [2.05, 4.69) is 97.7 Å². The average Bonchev–Trinajstić information content (AvgIpc) is 3.73. The van der Waals surface area contributed by atoms with E-state index in [1.54, 1.807) is 0 Å². The van der Waals surface area contributed by atoms with Crippen molar-refractivity contribution in [2.24, 2.45) is 0 Å². The Morgan fingerprint density at radius 2 is 1.67 bits per heavy atom. The molecule has 2 aromatic rings. The largest absolute Gasteiger partial charge is 0.377 e. The highest BCUT2D eigenvalue weighted by Gasteiger charge is 2.50. The van der Waals surface area contributed by atoms with E-state index in [1.807, 2.05) is 6.20 Å². The Morgan fingerprint density at radius 1 is 0.905 bits per heavy atom. The zero-order valence-electron chi connectivity index (χ0n) is 27.2. The lowest BCUT2D eigenvalue weighted by Gasteiger charge is -2.47. The third kappa shape index (κ3) is 7.26. The van der Waals surface area contributed by atoms with Gasteiger partial charge in [-0.1, -0.05) is 27.7 Å². The zero-order valence-corrected chi connectivity index (χ0v) is 27.2. The molecule has 1 saturated carbocycles. The first kappa shape index (κ1) is 31.2. The van der Waals surface area contributed by atoms with Gasteiger partial charge in [-0.3, -0.25) is 9.97 Å². The number of hydrogen-bond acceptors (Lipinski definition) is 8. The van der Waals surface area contributed by atoms with Crippen molar-refractivity contribution in [2.45, 2.75) is 82.9 Å². The molecule has 0 aromatic carbocycles. The number of morpholine rings is 2. The lowest BCUT2D eigenvalue weighted by Crippen LogP contribution is -2.59. The van der Waals surface area contributed by atoms with E-state index in [9.17, 15) is 0 Å². The van der Waals surface area contributed by atoms with Crippen molar-refractivity contribution in [1.82, 2.24) is 19.8 Å². The lowest BCUT2D eigenvalue weighted by molar-refractivity contribution is -0.108. The number of ether oxygens (including phenoxy) is 2. The molecule has 2 spiro atoms. The molecule has 232 valence electrons. The van der Waals surface area contributed by atoms with E-state index < -0.39 is 0 Å². The molecule has 4 aliphatic rings. The van der Waals surface area contributed by atoms with E-state index in [0.717, 1.165) is 59.1 Å². The van der Waals surface area contributed by atoms with Crippen molar-refractivity contribution in [1.29, 1.82) is 0 Å².